The lowest BCUT2D eigenvalue weighted by Gasteiger charge is -2.14. The second-order valence-electron chi connectivity index (χ2n) is 8.29. The van der Waals surface area contributed by atoms with Gasteiger partial charge < -0.3 is 15.8 Å². The van der Waals surface area contributed by atoms with Crippen LogP contribution in [0, 0.1) is 13.8 Å². The first-order chi connectivity index (χ1) is 16.5. The number of anilines is 1. The molecule has 0 bridgehead atoms. The van der Waals surface area contributed by atoms with Gasteiger partial charge in [0.2, 0.25) is 5.91 Å². The average Bonchev–Trinajstić information content (AvgIpc) is 3.58. The molecule has 1 aliphatic rings. The summed E-state index contributed by atoms with van der Waals surface area (Å²) >= 11 is 2.85. The van der Waals surface area contributed by atoms with Crippen LogP contribution in [0.5, 0.6) is 0 Å². The fraction of sp³-hybridized carbons (Fsp3) is 0.333. The summed E-state index contributed by atoms with van der Waals surface area (Å²) in [5.74, 6) is 0.832. The molecule has 0 aliphatic carbocycles. The molecule has 0 saturated carbocycles. The van der Waals surface area contributed by atoms with E-state index in [1.165, 1.54) is 23.1 Å². The van der Waals surface area contributed by atoms with E-state index >= 15 is 0 Å². The highest BCUT2D eigenvalue weighted by molar-refractivity contribution is 7.99. The van der Waals surface area contributed by atoms with Crippen molar-refractivity contribution in [2.45, 2.75) is 37.9 Å². The molecule has 34 heavy (non-hydrogen) atoms. The first-order valence-corrected chi connectivity index (χ1v) is 13.0. The lowest BCUT2D eigenvalue weighted by molar-refractivity contribution is -0.119. The fourth-order valence-electron chi connectivity index (χ4n) is 4.04. The van der Waals surface area contributed by atoms with Gasteiger partial charge in [-0.15, -0.1) is 21.5 Å². The Kier molecular flexibility index (Phi) is 6.53. The van der Waals surface area contributed by atoms with E-state index in [0.717, 1.165) is 51.4 Å². The van der Waals surface area contributed by atoms with E-state index in [-0.39, 0.29) is 17.8 Å². The molecule has 1 aromatic carbocycles. The molecule has 0 spiro atoms. The van der Waals surface area contributed by atoms with Crippen LogP contribution in [-0.4, -0.2) is 50.7 Å². The van der Waals surface area contributed by atoms with Crippen molar-refractivity contribution in [2.75, 3.05) is 24.6 Å². The van der Waals surface area contributed by atoms with Gasteiger partial charge in [-0.2, -0.15) is 0 Å². The Labute approximate surface area is 205 Å². The van der Waals surface area contributed by atoms with E-state index in [2.05, 4.69) is 40.4 Å². The zero-order chi connectivity index (χ0) is 23.7. The van der Waals surface area contributed by atoms with Crippen LogP contribution in [0.4, 0.5) is 5.69 Å². The number of fused-ring (bicyclic) bond motifs is 1. The molecule has 5 rings (SSSR count). The number of carbonyl (C=O) groups excluding carboxylic acids is 1. The number of rotatable bonds is 7. The third-order valence-corrected chi connectivity index (χ3v) is 8.10. The maximum absolute atomic E-state index is 12.5. The zero-order valence-corrected chi connectivity index (χ0v) is 20.7. The number of thiophene rings is 1. The molecule has 8 nitrogen and oxygen atoms in total. The van der Waals surface area contributed by atoms with Gasteiger partial charge in [-0.25, -0.2) is 4.98 Å². The number of pyridine rings is 1. The van der Waals surface area contributed by atoms with Crippen molar-refractivity contribution in [3.63, 3.8) is 0 Å². The number of thioether (sulfide) groups is 1. The number of aryl methyl sites for hydroxylation is 1. The van der Waals surface area contributed by atoms with Crippen LogP contribution in [-0.2, 0) is 9.53 Å². The van der Waals surface area contributed by atoms with E-state index in [4.69, 9.17) is 10.5 Å². The van der Waals surface area contributed by atoms with Crippen molar-refractivity contribution in [3.05, 3.63) is 47.7 Å². The molecule has 3 aromatic heterocycles. The molecule has 4 aromatic rings. The number of amides is 1. The maximum atomic E-state index is 12.5. The Balaban J connectivity index is 1.48. The molecule has 3 N–H and O–H groups in total. The van der Waals surface area contributed by atoms with Gasteiger partial charge in [0, 0.05) is 24.7 Å². The molecule has 1 aliphatic heterocycles. The smallest absolute Gasteiger partial charge is 0.230 e. The number of hydrogen-bond donors (Lipinski definition) is 2. The van der Waals surface area contributed by atoms with Crippen molar-refractivity contribution in [2.24, 2.45) is 0 Å². The number of hydrogen-bond acceptors (Lipinski definition) is 8. The number of nitrogens with zero attached hydrogens (tertiary/aromatic N) is 4. The molecule has 10 heteroatoms. The summed E-state index contributed by atoms with van der Waals surface area (Å²) in [4.78, 5) is 18.6. The van der Waals surface area contributed by atoms with Crippen LogP contribution in [0.1, 0.15) is 24.0 Å². The van der Waals surface area contributed by atoms with Gasteiger partial charge in [-0.1, -0.05) is 23.9 Å². The lowest BCUT2D eigenvalue weighted by Crippen LogP contribution is -2.32. The predicted molar refractivity (Wildman–Crippen MR) is 137 cm³/mol. The first kappa shape index (κ1) is 22.8. The minimum absolute atomic E-state index is 0.0526. The van der Waals surface area contributed by atoms with Gasteiger partial charge in [0.25, 0.3) is 0 Å². The normalized spacial score (nSPS) is 15.8. The highest BCUT2D eigenvalue weighted by atomic mass is 32.2. The number of nitrogens with two attached hydrogens (primary N) is 1. The number of nitrogens with one attached hydrogen (secondary N) is 1. The second kappa shape index (κ2) is 9.73. The lowest BCUT2D eigenvalue weighted by atomic mass is 10.1. The minimum atomic E-state index is -0.0526. The quantitative estimate of drug-likeness (QED) is 0.372. The van der Waals surface area contributed by atoms with E-state index in [1.807, 2.05) is 28.8 Å². The van der Waals surface area contributed by atoms with Gasteiger partial charge >= 0.3 is 0 Å². The largest absolute Gasteiger partial charge is 0.397 e. The van der Waals surface area contributed by atoms with E-state index in [0.29, 0.717) is 23.2 Å². The van der Waals surface area contributed by atoms with Crippen molar-refractivity contribution in [3.8, 4) is 16.4 Å². The van der Waals surface area contributed by atoms with Gasteiger partial charge in [0.15, 0.2) is 11.0 Å². The first-order valence-electron chi connectivity index (χ1n) is 11.2. The Bertz CT molecular complexity index is 1340. The average molecular weight is 495 g/mol. The molecule has 0 unspecified atom stereocenters. The number of aromatic nitrogens is 4. The summed E-state index contributed by atoms with van der Waals surface area (Å²) in [6.07, 6.45) is 3.91. The summed E-state index contributed by atoms with van der Waals surface area (Å²) in [5, 5.41) is 13.5. The fourth-order valence-corrected chi connectivity index (χ4v) is 5.85. The van der Waals surface area contributed by atoms with Crippen LogP contribution >= 0.6 is 23.1 Å². The molecule has 176 valence electrons. The standard InChI is InChI=1S/C24H26N6O2S2/c1-14-6-3-9-18(15(14)2)30-22(21-20(25)17-8-4-10-26-23(17)34-21)28-29-24(30)33-13-19(31)27-12-16-7-5-11-32-16/h3-4,6,8-10,16H,5,7,11-13,25H2,1-2H3,(H,27,31)/t16-/m0/s1. The van der Waals surface area contributed by atoms with Crippen LogP contribution in [0.2, 0.25) is 0 Å². The molecule has 1 fully saturated rings. The van der Waals surface area contributed by atoms with Crippen LogP contribution in [0.3, 0.4) is 0 Å². The minimum Gasteiger partial charge on any atom is -0.397 e. The van der Waals surface area contributed by atoms with Gasteiger partial charge in [0.05, 0.1) is 28.1 Å². The van der Waals surface area contributed by atoms with Crippen molar-refractivity contribution in [1.82, 2.24) is 25.1 Å². The topological polar surface area (TPSA) is 108 Å². The molecule has 1 amide bonds. The highest BCUT2D eigenvalue weighted by Gasteiger charge is 2.23. The van der Waals surface area contributed by atoms with E-state index in [1.54, 1.807) is 6.20 Å². The number of benzene rings is 1. The van der Waals surface area contributed by atoms with Crippen molar-refractivity contribution >= 4 is 44.9 Å². The third-order valence-electron chi connectivity index (χ3n) is 6.04. The molecule has 4 heterocycles. The van der Waals surface area contributed by atoms with Gasteiger partial charge in [0.1, 0.15) is 4.83 Å². The van der Waals surface area contributed by atoms with E-state index < -0.39 is 0 Å². The Morgan fingerprint density at radius 1 is 1.29 bits per heavy atom. The molecule has 1 atom stereocenters. The number of nitrogen functional groups attached to an aromatic ring is 1. The monoisotopic (exact) mass is 494 g/mol. The van der Waals surface area contributed by atoms with E-state index in [9.17, 15) is 4.79 Å². The van der Waals surface area contributed by atoms with Crippen molar-refractivity contribution < 1.29 is 9.53 Å². The predicted octanol–water partition coefficient (Wildman–Crippen LogP) is 4.13. The number of carbonyl (C=O) groups is 1. The molecular weight excluding hydrogens is 468 g/mol. The second-order valence-corrected chi connectivity index (χ2v) is 10.2. The van der Waals surface area contributed by atoms with Crippen LogP contribution in [0.25, 0.3) is 26.6 Å². The molecule has 1 saturated heterocycles. The SMILES string of the molecule is Cc1cccc(-n2c(SCC(=O)NC[C@@H]3CCCO3)nnc2-c2sc3ncccc3c2N)c1C. The molecular formula is C24H26N6O2S2. The molecule has 0 radical (unpaired) electrons. The summed E-state index contributed by atoms with van der Waals surface area (Å²) in [5.41, 5.74) is 10.4. The third kappa shape index (κ3) is 4.40. The Hall–Kier alpha value is -2.95. The Morgan fingerprint density at radius 3 is 2.97 bits per heavy atom. The maximum Gasteiger partial charge on any atom is 0.230 e. The van der Waals surface area contributed by atoms with Gasteiger partial charge in [-0.05, 0) is 56.0 Å². The van der Waals surface area contributed by atoms with Crippen LogP contribution in [0.15, 0.2) is 41.7 Å². The summed E-state index contributed by atoms with van der Waals surface area (Å²) < 4.78 is 7.59. The van der Waals surface area contributed by atoms with Crippen molar-refractivity contribution in [1.29, 1.82) is 0 Å². The summed E-state index contributed by atoms with van der Waals surface area (Å²) in [6.45, 7) is 5.46. The Morgan fingerprint density at radius 2 is 2.18 bits per heavy atom. The zero-order valence-electron chi connectivity index (χ0n) is 19.1. The van der Waals surface area contributed by atoms with Gasteiger partial charge in [-0.3, -0.25) is 9.36 Å². The summed E-state index contributed by atoms with van der Waals surface area (Å²) in [7, 11) is 0. The van der Waals surface area contributed by atoms with Crippen LogP contribution < -0.4 is 11.1 Å². The highest BCUT2D eigenvalue weighted by Crippen LogP contribution is 2.41. The summed E-state index contributed by atoms with van der Waals surface area (Å²) in [6, 6.07) is 9.97. The number of ether oxygens (including phenoxy) is 1.